The van der Waals surface area contributed by atoms with Crippen LogP contribution in [-0.4, -0.2) is 29.1 Å². The first-order valence-corrected chi connectivity index (χ1v) is 8.97. The number of nitrogens with one attached hydrogen (secondary N) is 3. The maximum absolute atomic E-state index is 12.5. The molecule has 0 atom stereocenters. The maximum atomic E-state index is 12.5. The van der Waals surface area contributed by atoms with E-state index in [1.54, 1.807) is 13.0 Å². The minimum atomic E-state index is -0.175. The van der Waals surface area contributed by atoms with Gasteiger partial charge in [-0.2, -0.15) is 0 Å². The number of ketones is 1. The van der Waals surface area contributed by atoms with Crippen LogP contribution in [0.5, 0.6) is 0 Å². The fourth-order valence-electron chi connectivity index (χ4n) is 3.31. The van der Waals surface area contributed by atoms with E-state index in [1.165, 1.54) is 0 Å². The molecule has 0 bridgehead atoms. The molecular formula is C21H23N3O3. The molecular weight excluding hydrogens is 342 g/mol. The highest BCUT2D eigenvalue weighted by molar-refractivity contribution is 6.34. The molecule has 3 N–H and O–H groups in total. The van der Waals surface area contributed by atoms with Gasteiger partial charge in [-0.3, -0.25) is 9.59 Å². The molecule has 0 spiro atoms. The number of carbonyl (C=O) groups is 3. The molecule has 3 rings (SSSR count). The van der Waals surface area contributed by atoms with Crippen LogP contribution in [-0.2, 0) is 9.59 Å². The van der Waals surface area contributed by atoms with Crippen molar-refractivity contribution >= 4 is 34.9 Å². The predicted octanol–water partition coefficient (Wildman–Crippen LogP) is 3.22. The molecule has 27 heavy (non-hydrogen) atoms. The van der Waals surface area contributed by atoms with E-state index in [0.29, 0.717) is 30.5 Å². The Bertz CT molecular complexity index is 954. The number of hydrogen-bond acceptors (Lipinski definition) is 3. The van der Waals surface area contributed by atoms with Crippen LogP contribution in [0.3, 0.4) is 0 Å². The molecule has 0 radical (unpaired) electrons. The van der Waals surface area contributed by atoms with Crippen molar-refractivity contribution in [1.82, 2.24) is 10.3 Å². The molecule has 1 aliphatic rings. The normalized spacial score (nSPS) is 14.2. The quantitative estimate of drug-likeness (QED) is 0.542. The van der Waals surface area contributed by atoms with Crippen LogP contribution in [0.4, 0.5) is 5.69 Å². The highest BCUT2D eigenvalue weighted by Crippen LogP contribution is 2.33. The van der Waals surface area contributed by atoms with Crippen molar-refractivity contribution in [1.29, 1.82) is 0 Å². The summed E-state index contributed by atoms with van der Waals surface area (Å²) in [6.07, 6.45) is 2.87. The molecule has 0 unspecified atom stereocenters. The number of aromatic nitrogens is 1. The van der Waals surface area contributed by atoms with Gasteiger partial charge in [0.2, 0.25) is 0 Å². The lowest BCUT2D eigenvalue weighted by atomic mass is 10.0. The highest BCUT2D eigenvalue weighted by atomic mass is 16.2. The Hall–Kier alpha value is -3.15. The zero-order valence-corrected chi connectivity index (χ0v) is 15.7. The second-order valence-electron chi connectivity index (χ2n) is 6.78. The van der Waals surface area contributed by atoms with Crippen molar-refractivity contribution < 1.29 is 14.4 Å². The van der Waals surface area contributed by atoms with Crippen LogP contribution in [0.25, 0.3) is 11.6 Å². The molecule has 2 heterocycles. The second-order valence-corrected chi connectivity index (χ2v) is 6.78. The standard InChI is InChI=1S/C21H23N3O3/c1-12(25)7-6-10-22-21(27)19-13(2)18(23-14(19)3)11-16-15-8-4-5-9-17(15)24-20(16)26/h4-5,8-9,11,23H,6-7,10H2,1-3H3,(H,22,27)(H,24,26)/b16-11-. The summed E-state index contributed by atoms with van der Waals surface area (Å²) in [5, 5.41) is 5.70. The largest absolute Gasteiger partial charge is 0.358 e. The number of aromatic amines is 1. The molecule has 0 fully saturated rings. The van der Waals surface area contributed by atoms with Crippen LogP contribution in [0.1, 0.15) is 52.6 Å². The van der Waals surface area contributed by atoms with E-state index < -0.39 is 0 Å². The summed E-state index contributed by atoms with van der Waals surface area (Å²) in [5.41, 5.74) is 5.07. The van der Waals surface area contributed by atoms with Crippen molar-refractivity contribution in [2.45, 2.75) is 33.6 Å². The Kier molecular flexibility index (Phi) is 5.26. The molecule has 2 amide bonds. The van der Waals surface area contributed by atoms with E-state index in [1.807, 2.05) is 38.1 Å². The third-order valence-electron chi connectivity index (χ3n) is 4.69. The van der Waals surface area contributed by atoms with Crippen LogP contribution in [0.2, 0.25) is 0 Å². The third-order valence-corrected chi connectivity index (χ3v) is 4.69. The topological polar surface area (TPSA) is 91.1 Å². The minimum absolute atomic E-state index is 0.113. The van der Waals surface area contributed by atoms with Crippen LogP contribution in [0.15, 0.2) is 24.3 Å². The van der Waals surface area contributed by atoms with Gasteiger partial charge >= 0.3 is 0 Å². The van der Waals surface area contributed by atoms with Gasteiger partial charge in [-0.25, -0.2) is 0 Å². The Morgan fingerprint density at radius 1 is 1.19 bits per heavy atom. The van der Waals surface area contributed by atoms with Gasteiger partial charge in [0.1, 0.15) is 5.78 Å². The number of fused-ring (bicyclic) bond motifs is 1. The van der Waals surface area contributed by atoms with Crippen molar-refractivity contribution in [3.05, 3.63) is 52.3 Å². The summed E-state index contributed by atoms with van der Waals surface area (Å²) in [7, 11) is 0. The van der Waals surface area contributed by atoms with Crippen molar-refractivity contribution in [3.8, 4) is 0 Å². The first kappa shape index (κ1) is 18.6. The molecule has 0 saturated heterocycles. The number of benzene rings is 1. The molecule has 6 nitrogen and oxygen atoms in total. The Balaban J connectivity index is 1.83. The van der Waals surface area contributed by atoms with E-state index >= 15 is 0 Å². The molecule has 6 heteroatoms. The summed E-state index contributed by atoms with van der Waals surface area (Å²) >= 11 is 0. The summed E-state index contributed by atoms with van der Waals surface area (Å²) in [5.74, 6) is -0.217. The summed E-state index contributed by atoms with van der Waals surface area (Å²) in [6.45, 7) is 5.69. The minimum Gasteiger partial charge on any atom is -0.358 e. The van der Waals surface area contributed by atoms with Gasteiger partial charge in [-0.15, -0.1) is 0 Å². The number of aryl methyl sites for hydroxylation is 1. The molecule has 2 aromatic rings. The number of Topliss-reactive ketones (excluding diaryl/α,β-unsaturated/α-hetero) is 1. The first-order valence-electron chi connectivity index (χ1n) is 8.97. The molecule has 1 aromatic heterocycles. The number of rotatable bonds is 6. The lowest BCUT2D eigenvalue weighted by Gasteiger charge is -2.05. The molecule has 1 aromatic carbocycles. The van der Waals surface area contributed by atoms with Gasteiger partial charge in [-0.1, -0.05) is 18.2 Å². The lowest BCUT2D eigenvalue weighted by Crippen LogP contribution is -2.25. The Labute approximate surface area is 158 Å². The molecule has 140 valence electrons. The molecule has 1 aliphatic heterocycles. The zero-order valence-electron chi connectivity index (χ0n) is 15.7. The van der Waals surface area contributed by atoms with E-state index in [9.17, 15) is 14.4 Å². The van der Waals surface area contributed by atoms with E-state index in [0.717, 1.165) is 28.2 Å². The van der Waals surface area contributed by atoms with Gasteiger partial charge in [-0.05, 0) is 44.9 Å². The highest BCUT2D eigenvalue weighted by Gasteiger charge is 2.25. The number of para-hydroxylation sites is 1. The second kappa shape index (κ2) is 7.61. The number of hydrogen-bond donors (Lipinski definition) is 3. The Morgan fingerprint density at radius 2 is 1.93 bits per heavy atom. The lowest BCUT2D eigenvalue weighted by molar-refractivity contribution is -0.117. The average molecular weight is 365 g/mol. The molecule has 0 aliphatic carbocycles. The zero-order chi connectivity index (χ0) is 19.6. The summed E-state index contributed by atoms with van der Waals surface area (Å²) in [6, 6.07) is 7.52. The van der Waals surface area contributed by atoms with E-state index in [4.69, 9.17) is 0 Å². The average Bonchev–Trinajstić information content (AvgIpc) is 3.08. The summed E-state index contributed by atoms with van der Waals surface area (Å²) in [4.78, 5) is 39.0. The van der Waals surface area contributed by atoms with Gasteiger partial charge in [0, 0.05) is 35.6 Å². The van der Waals surface area contributed by atoms with Crippen LogP contribution < -0.4 is 10.6 Å². The van der Waals surface area contributed by atoms with E-state index in [-0.39, 0.29) is 17.6 Å². The monoisotopic (exact) mass is 365 g/mol. The van der Waals surface area contributed by atoms with Gasteiger partial charge in [0.15, 0.2) is 0 Å². The fraction of sp³-hybridized carbons (Fsp3) is 0.286. The van der Waals surface area contributed by atoms with Crippen molar-refractivity contribution in [2.75, 3.05) is 11.9 Å². The SMILES string of the molecule is CC(=O)CCCNC(=O)c1c(C)[nH]c(/C=C2\C(=O)Nc3ccccc32)c1C. The molecule has 0 saturated carbocycles. The maximum Gasteiger partial charge on any atom is 0.256 e. The smallest absolute Gasteiger partial charge is 0.256 e. The van der Waals surface area contributed by atoms with Crippen LogP contribution in [0, 0.1) is 13.8 Å². The van der Waals surface area contributed by atoms with Crippen LogP contribution >= 0.6 is 0 Å². The predicted molar refractivity (Wildman–Crippen MR) is 105 cm³/mol. The van der Waals surface area contributed by atoms with Gasteiger partial charge in [0.25, 0.3) is 11.8 Å². The Morgan fingerprint density at radius 3 is 2.67 bits per heavy atom. The number of amides is 2. The van der Waals surface area contributed by atoms with Crippen molar-refractivity contribution in [2.24, 2.45) is 0 Å². The summed E-state index contributed by atoms with van der Waals surface area (Å²) < 4.78 is 0. The number of carbonyl (C=O) groups excluding carboxylic acids is 3. The van der Waals surface area contributed by atoms with Crippen molar-refractivity contribution in [3.63, 3.8) is 0 Å². The van der Waals surface area contributed by atoms with Gasteiger partial charge in [0.05, 0.1) is 11.1 Å². The first-order chi connectivity index (χ1) is 12.9. The fourth-order valence-corrected chi connectivity index (χ4v) is 3.31. The van der Waals surface area contributed by atoms with E-state index in [2.05, 4.69) is 15.6 Å². The number of anilines is 1. The number of H-pyrrole nitrogens is 1. The van der Waals surface area contributed by atoms with Gasteiger partial charge < -0.3 is 20.4 Å². The third kappa shape index (κ3) is 3.84.